The van der Waals surface area contributed by atoms with E-state index in [4.69, 9.17) is 21.1 Å². The van der Waals surface area contributed by atoms with Crippen molar-refractivity contribution in [2.24, 2.45) is 28.8 Å². The lowest BCUT2D eigenvalue weighted by Gasteiger charge is -2.15. The second-order valence-corrected chi connectivity index (χ2v) is 8.96. The summed E-state index contributed by atoms with van der Waals surface area (Å²) in [6.07, 6.45) is 6.41. The Bertz CT molecular complexity index is 1240. The summed E-state index contributed by atoms with van der Waals surface area (Å²) in [5.74, 6) is -0.0567. The number of hydrogen-bond acceptors (Lipinski definition) is 6. The molecule has 1 aliphatic heterocycles. The molecular formula is C26H22ClN3O4. The molecular weight excluding hydrogens is 454 g/mol. The van der Waals surface area contributed by atoms with E-state index in [0.29, 0.717) is 34.3 Å². The first-order valence-electron chi connectivity index (χ1n) is 11.2. The van der Waals surface area contributed by atoms with Crippen molar-refractivity contribution in [3.63, 3.8) is 0 Å². The molecule has 0 aromatic heterocycles. The largest absolute Gasteiger partial charge is 0.490 e. The van der Waals surface area contributed by atoms with Crippen LogP contribution in [0, 0.1) is 35.0 Å². The quantitative estimate of drug-likeness (QED) is 0.337. The van der Waals surface area contributed by atoms with E-state index in [1.165, 1.54) is 6.21 Å². The van der Waals surface area contributed by atoms with Crippen LogP contribution in [0.25, 0.3) is 0 Å². The smallest absolute Gasteiger partial charge is 0.254 e. The van der Waals surface area contributed by atoms with Crippen LogP contribution in [-0.4, -0.2) is 29.6 Å². The standard InChI is InChI=1S/C26H22ClN3O4/c1-2-33-21-10-15(9-20(27)24(21)34-14-19-6-4-3-5-18(19)12-28)13-29-30-25(31)22-16-7-8-17(11-16)23(22)26(30)32/h3-10,13,16-17,22-23H,2,11,14H2,1H3. The Hall–Kier alpha value is -3.63. The molecule has 8 heteroatoms. The molecule has 3 aliphatic rings. The Morgan fingerprint density at radius 2 is 1.85 bits per heavy atom. The van der Waals surface area contributed by atoms with Gasteiger partial charge in [0.15, 0.2) is 11.5 Å². The number of carbonyl (C=O) groups excluding carboxylic acids is 2. The highest BCUT2D eigenvalue weighted by molar-refractivity contribution is 6.32. The summed E-state index contributed by atoms with van der Waals surface area (Å²) in [7, 11) is 0. The van der Waals surface area contributed by atoms with Gasteiger partial charge < -0.3 is 9.47 Å². The lowest BCUT2D eigenvalue weighted by atomic mass is 9.85. The number of carbonyl (C=O) groups is 2. The molecule has 0 N–H and O–H groups in total. The Labute approximate surface area is 202 Å². The summed E-state index contributed by atoms with van der Waals surface area (Å²) in [6.45, 7) is 2.36. The average molecular weight is 476 g/mol. The highest BCUT2D eigenvalue weighted by Gasteiger charge is 2.59. The molecule has 172 valence electrons. The molecule has 1 saturated heterocycles. The summed E-state index contributed by atoms with van der Waals surface area (Å²) >= 11 is 6.50. The van der Waals surface area contributed by atoms with Gasteiger partial charge in [-0.1, -0.05) is 42.0 Å². The van der Waals surface area contributed by atoms with Gasteiger partial charge in [-0.25, -0.2) is 0 Å². The SMILES string of the molecule is CCOc1cc(C=NN2C(=O)C3C4C=CC(C4)C3C2=O)cc(Cl)c1OCc1ccccc1C#N. The van der Waals surface area contributed by atoms with Crippen LogP contribution in [0.2, 0.25) is 5.02 Å². The van der Waals surface area contributed by atoms with E-state index >= 15 is 0 Å². The third-order valence-corrected chi connectivity index (χ3v) is 6.89. The number of benzene rings is 2. The number of rotatable bonds is 7. The van der Waals surface area contributed by atoms with E-state index in [-0.39, 0.29) is 42.1 Å². The number of allylic oxidation sites excluding steroid dienone is 2. The Morgan fingerprint density at radius 3 is 2.53 bits per heavy atom. The van der Waals surface area contributed by atoms with Crippen molar-refractivity contribution in [3.05, 3.63) is 70.3 Å². The van der Waals surface area contributed by atoms with Crippen LogP contribution in [0.4, 0.5) is 0 Å². The molecule has 4 atom stereocenters. The van der Waals surface area contributed by atoms with Crippen LogP contribution in [0.5, 0.6) is 11.5 Å². The van der Waals surface area contributed by atoms with Crippen molar-refractivity contribution >= 4 is 29.6 Å². The predicted molar refractivity (Wildman–Crippen MR) is 125 cm³/mol. The van der Waals surface area contributed by atoms with Crippen molar-refractivity contribution in [1.82, 2.24) is 5.01 Å². The molecule has 5 rings (SSSR count). The van der Waals surface area contributed by atoms with Gasteiger partial charge in [-0.2, -0.15) is 15.4 Å². The van der Waals surface area contributed by atoms with Crippen LogP contribution < -0.4 is 9.47 Å². The molecule has 2 aliphatic carbocycles. The second kappa shape index (κ2) is 8.96. The van der Waals surface area contributed by atoms with Crippen molar-refractivity contribution in [2.75, 3.05) is 6.61 Å². The van der Waals surface area contributed by atoms with Crippen molar-refractivity contribution in [2.45, 2.75) is 20.0 Å². The van der Waals surface area contributed by atoms with Crippen molar-refractivity contribution < 1.29 is 19.1 Å². The maximum atomic E-state index is 12.8. The molecule has 2 amide bonds. The Kier molecular flexibility index (Phi) is 5.84. The van der Waals surface area contributed by atoms with Gasteiger partial charge in [-0.3, -0.25) is 9.59 Å². The lowest BCUT2D eigenvalue weighted by molar-refractivity contribution is -0.140. The maximum Gasteiger partial charge on any atom is 0.254 e. The zero-order valence-corrected chi connectivity index (χ0v) is 19.2. The fourth-order valence-electron chi connectivity index (χ4n) is 5.10. The van der Waals surface area contributed by atoms with Gasteiger partial charge in [0.05, 0.1) is 41.3 Å². The molecule has 34 heavy (non-hydrogen) atoms. The third kappa shape index (κ3) is 3.74. The average Bonchev–Trinajstić information content (AvgIpc) is 3.52. The van der Waals surface area contributed by atoms with Crippen molar-refractivity contribution in [3.8, 4) is 17.6 Å². The number of halogens is 1. The summed E-state index contributed by atoms with van der Waals surface area (Å²) in [4.78, 5) is 25.7. The van der Waals surface area contributed by atoms with Gasteiger partial charge in [-0.05, 0) is 48.9 Å². The first-order valence-corrected chi connectivity index (χ1v) is 11.6. The normalized spacial score (nSPS) is 24.7. The number of nitrogens with zero attached hydrogens (tertiary/aromatic N) is 3. The van der Waals surface area contributed by atoms with Gasteiger partial charge in [0, 0.05) is 5.56 Å². The van der Waals surface area contributed by atoms with Crippen LogP contribution in [0.1, 0.15) is 30.0 Å². The fourth-order valence-corrected chi connectivity index (χ4v) is 5.37. The summed E-state index contributed by atoms with van der Waals surface area (Å²) in [5.41, 5.74) is 1.82. The number of imide groups is 1. The number of ether oxygens (including phenoxy) is 2. The first-order chi connectivity index (χ1) is 16.5. The highest BCUT2D eigenvalue weighted by Crippen LogP contribution is 2.52. The van der Waals surface area contributed by atoms with E-state index in [9.17, 15) is 14.9 Å². The highest BCUT2D eigenvalue weighted by atomic mass is 35.5. The summed E-state index contributed by atoms with van der Waals surface area (Å²) in [5, 5.41) is 14.8. The predicted octanol–water partition coefficient (Wildman–Crippen LogP) is 4.33. The molecule has 2 aromatic rings. The molecule has 1 heterocycles. The van der Waals surface area contributed by atoms with Gasteiger partial charge in [-0.15, -0.1) is 0 Å². The minimum absolute atomic E-state index is 0.133. The molecule has 0 spiro atoms. The molecule has 2 fully saturated rings. The number of amides is 2. The van der Waals surface area contributed by atoms with Gasteiger partial charge in [0.1, 0.15) is 6.61 Å². The van der Waals surface area contributed by atoms with Gasteiger partial charge >= 0.3 is 0 Å². The van der Waals surface area contributed by atoms with Crippen LogP contribution in [0.3, 0.4) is 0 Å². The van der Waals surface area contributed by atoms with Gasteiger partial charge in [0.2, 0.25) is 0 Å². The minimum atomic E-state index is -0.297. The lowest BCUT2D eigenvalue weighted by Crippen LogP contribution is -2.28. The molecule has 7 nitrogen and oxygen atoms in total. The maximum absolute atomic E-state index is 12.8. The van der Waals surface area contributed by atoms with E-state index in [0.717, 1.165) is 17.0 Å². The topological polar surface area (TPSA) is 92.0 Å². The summed E-state index contributed by atoms with van der Waals surface area (Å²) < 4.78 is 11.6. The molecule has 1 saturated carbocycles. The molecule has 0 radical (unpaired) electrons. The third-order valence-electron chi connectivity index (χ3n) is 6.61. The summed E-state index contributed by atoms with van der Waals surface area (Å²) in [6, 6.07) is 12.6. The van der Waals surface area contributed by atoms with Gasteiger partial charge in [0.25, 0.3) is 11.8 Å². The fraction of sp³-hybridized carbons (Fsp3) is 0.308. The van der Waals surface area contributed by atoms with Crippen LogP contribution in [0.15, 0.2) is 53.7 Å². The Morgan fingerprint density at radius 1 is 1.15 bits per heavy atom. The minimum Gasteiger partial charge on any atom is -0.490 e. The second-order valence-electron chi connectivity index (χ2n) is 8.55. The van der Waals surface area contributed by atoms with E-state index < -0.39 is 0 Å². The Balaban J connectivity index is 1.36. The van der Waals surface area contributed by atoms with E-state index in [2.05, 4.69) is 11.2 Å². The molecule has 2 aromatic carbocycles. The first kappa shape index (κ1) is 22.2. The number of nitriles is 1. The molecule has 4 unspecified atom stereocenters. The zero-order valence-electron chi connectivity index (χ0n) is 18.5. The number of hydrogen-bond donors (Lipinski definition) is 0. The van der Waals surface area contributed by atoms with Crippen LogP contribution >= 0.6 is 11.6 Å². The molecule has 2 bridgehead atoms. The van der Waals surface area contributed by atoms with E-state index in [1.54, 1.807) is 24.3 Å². The number of fused-ring (bicyclic) bond motifs is 5. The van der Waals surface area contributed by atoms with E-state index in [1.807, 2.05) is 31.2 Å². The monoisotopic (exact) mass is 475 g/mol. The zero-order chi connectivity index (χ0) is 23.8. The van der Waals surface area contributed by atoms with Crippen molar-refractivity contribution in [1.29, 1.82) is 5.26 Å². The van der Waals surface area contributed by atoms with Crippen LogP contribution in [-0.2, 0) is 16.2 Å². The number of hydrazone groups is 1.